The van der Waals surface area contributed by atoms with Crippen molar-refractivity contribution in [2.45, 2.75) is 6.04 Å². The molecule has 0 bridgehead atoms. The molecule has 1 atom stereocenters. The summed E-state index contributed by atoms with van der Waals surface area (Å²) in [6.07, 6.45) is 3.56. The number of hydrogen-bond acceptors (Lipinski definition) is 1. The summed E-state index contributed by atoms with van der Waals surface area (Å²) in [6, 6.07) is 0.303. The Labute approximate surface area is 43.1 Å². The lowest BCUT2D eigenvalue weighted by molar-refractivity contribution is 1.30. The highest BCUT2D eigenvalue weighted by Gasteiger charge is 2.18. The zero-order chi connectivity index (χ0) is 5.28. The summed E-state index contributed by atoms with van der Waals surface area (Å²) in [4.78, 5) is 3.97. The fraction of sp³-hybridized carbons (Fsp3) is 0.167. The van der Waals surface area contributed by atoms with E-state index in [9.17, 15) is 0 Å². The maximum Gasteiger partial charge on any atom is 0.110 e. The molecule has 1 heterocycles. The Morgan fingerprint density at radius 3 is 2.43 bits per heavy atom. The van der Waals surface area contributed by atoms with Crippen LogP contribution < -0.4 is 0 Å². The van der Waals surface area contributed by atoms with Crippen LogP contribution in [0.3, 0.4) is 0 Å². The summed E-state index contributed by atoms with van der Waals surface area (Å²) < 4.78 is 0. The molecule has 0 aromatic heterocycles. The minimum absolute atomic E-state index is 0.303. The summed E-state index contributed by atoms with van der Waals surface area (Å²) in [6.45, 7) is 7.10. The van der Waals surface area contributed by atoms with Gasteiger partial charge in [-0.3, -0.25) is 4.99 Å². The van der Waals surface area contributed by atoms with Crippen LogP contribution in [0.15, 0.2) is 30.3 Å². The van der Waals surface area contributed by atoms with E-state index in [0.29, 0.717) is 6.04 Å². The van der Waals surface area contributed by atoms with Crippen molar-refractivity contribution in [3.05, 3.63) is 25.3 Å². The Kier molecular flexibility index (Phi) is 0.823. The van der Waals surface area contributed by atoms with Gasteiger partial charge in [-0.2, -0.15) is 0 Å². The molecular weight excluding hydrogens is 86.1 g/mol. The van der Waals surface area contributed by atoms with Crippen molar-refractivity contribution >= 4 is 5.71 Å². The summed E-state index contributed by atoms with van der Waals surface area (Å²) in [5.41, 5.74) is 1.06. The van der Waals surface area contributed by atoms with Crippen LogP contribution in [0.5, 0.6) is 0 Å². The maximum atomic E-state index is 3.97. The number of hydrogen-bond donors (Lipinski definition) is 0. The molecule has 0 fully saturated rings. The molecule has 1 rings (SSSR count). The molecule has 0 aliphatic carbocycles. The van der Waals surface area contributed by atoms with E-state index in [1.165, 1.54) is 0 Å². The monoisotopic (exact) mass is 93.1 g/mol. The van der Waals surface area contributed by atoms with Gasteiger partial charge in [0.1, 0.15) is 6.04 Å². The lowest BCUT2D eigenvalue weighted by Crippen LogP contribution is -1.84. The van der Waals surface area contributed by atoms with E-state index >= 15 is 0 Å². The van der Waals surface area contributed by atoms with Gasteiger partial charge in [-0.25, -0.2) is 0 Å². The molecule has 0 aromatic rings. The molecule has 1 heteroatoms. The van der Waals surface area contributed by atoms with Gasteiger partial charge in [0, 0.05) is 0 Å². The highest BCUT2D eigenvalue weighted by Crippen LogP contribution is 2.11. The second-order valence-electron chi connectivity index (χ2n) is 1.44. The van der Waals surface area contributed by atoms with Gasteiger partial charge in [0.05, 0.1) is 5.71 Å². The zero-order valence-electron chi connectivity index (χ0n) is 4.09. The van der Waals surface area contributed by atoms with Gasteiger partial charge in [0.15, 0.2) is 0 Å². The summed E-state index contributed by atoms with van der Waals surface area (Å²) >= 11 is 0. The van der Waals surface area contributed by atoms with Crippen molar-refractivity contribution in [2.75, 3.05) is 0 Å². The predicted octanol–water partition coefficient (Wildman–Crippen LogP) is 1.18. The Morgan fingerprint density at radius 2 is 2.29 bits per heavy atom. The second-order valence-corrected chi connectivity index (χ2v) is 1.44. The summed E-state index contributed by atoms with van der Waals surface area (Å²) in [5, 5.41) is 0. The Hall–Kier alpha value is -0.850. The van der Waals surface area contributed by atoms with Crippen LogP contribution in [0.2, 0.25) is 0 Å². The van der Waals surface area contributed by atoms with Crippen LogP contribution in [0, 0.1) is 0 Å². The first-order chi connectivity index (χ1) is 3.38. The Bertz CT molecular complexity index is 133. The van der Waals surface area contributed by atoms with Gasteiger partial charge < -0.3 is 0 Å². The minimum atomic E-state index is 0.303. The normalized spacial score (nSPS) is 25.7. The van der Waals surface area contributed by atoms with Crippen molar-refractivity contribution in [2.24, 2.45) is 4.99 Å². The van der Waals surface area contributed by atoms with Crippen LogP contribution in [0.4, 0.5) is 0 Å². The van der Waals surface area contributed by atoms with Gasteiger partial charge in [-0.15, -0.1) is 6.58 Å². The van der Waals surface area contributed by atoms with E-state index in [1.54, 1.807) is 12.2 Å². The van der Waals surface area contributed by atoms with Crippen LogP contribution in [0.25, 0.3) is 0 Å². The number of aliphatic imine (C=N–C) groups is 1. The van der Waals surface area contributed by atoms with Gasteiger partial charge >= 0.3 is 0 Å². The van der Waals surface area contributed by atoms with Crippen LogP contribution in [-0.4, -0.2) is 11.8 Å². The summed E-state index contributed by atoms with van der Waals surface area (Å²) in [5.74, 6) is 0. The molecule has 0 saturated carbocycles. The smallest absolute Gasteiger partial charge is 0.110 e. The Balaban J connectivity index is 2.40. The molecule has 0 N–H and O–H groups in total. The first-order valence-electron chi connectivity index (χ1n) is 2.21. The molecule has 0 saturated heterocycles. The average molecular weight is 93.1 g/mol. The molecule has 1 nitrogen and oxygen atoms in total. The van der Waals surface area contributed by atoms with Crippen LogP contribution >= 0.6 is 0 Å². The largest absolute Gasteiger partial charge is 0.273 e. The van der Waals surface area contributed by atoms with Crippen molar-refractivity contribution in [3.63, 3.8) is 0 Å². The van der Waals surface area contributed by atoms with Crippen molar-refractivity contribution < 1.29 is 0 Å². The molecule has 0 amide bonds. The number of nitrogens with zero attached hydrogens (tertiary/aromatic N) is 1. The average Bonchev–Trinajstić information content (AvgIpc) is 2.43. The van der Waals surface area contributed by atoms with E-state index < -0.39 is 0 Å². The standard InChI is InChI=1S/C6H7N/c1-3-5-6(4-2)7-5/h3-5H,1-2H2. The molecule has 0 spiro atoms. The number of rotatable bonds is 2. The quantitative estimate of drug-likeness (QED) is 0.454. The molecule has 0 aromatic carbocycles. The third kappa shape index (κ3) is 0.610. The van der Waals surface area contributed by atoms with Crippen molar-refractivity contribution in [1.29, 1.82) is 0 Å². The lowest BCUT2D eigenvalue weighted by Gasteiger charge is -1.71. The third-order valence-corrected chi connectivity index (χ3v) is 0.956. The third-order valence-electron chi connectivity index (χ3n) is 0.956. The van der Waals surface area contributed by atoms with Crippen molar-refractivity contribution in [3.8, 4) is 0 Å². The predicted molar refractivity (Wildman–Crippen MR) is 31.6 cm³/mol. The first kappa shape index (κ1) is 4.31. The minimum Gasteiger partial charge on any atom is -0.273 e. The topological polar surface area (TPSA) is 12.4 Å². The van der Waals surface area contributed by atoms with E-state index in [2.05, 4.69) is 18.2 Å². The van der Waals surface area contributed by atoms with Crippen molar-refractivity contribution in [1.82, 2.24) is 0 Å². The molecule has 1 unspecified atom stereocenters. The van der Waals surface area contributed by atoms with E-state index in [1.807, 2.05) is 0 Å². The van der Waals surface area contributed by atoms with E-state index in [4.69, 9.17) is 0 Å². The second kappa shape index (κ2) is 1.34. The highest BCUT2D eigenvalue weighted by atomic mass is 14.9. The highest BCUT2D eigenvalue weighted by molar-refractivity contribution is 6.10. The fourth-order valence-corrected chi connectivity index (χ4v) is 0.470. The zero-order valence-corrected chi connectivity index (χ0v) is 4.09. The fourth-order valence-electron chi connectivity index (χ4n) is 0.470. The molecule has 1 aliphatic rings. The van der Waals surface area contributed by atoms with Gasteiger partial charge in [-0.1, -0.05) is 12.7 Å². The Morgan fingerprint density at radius 1 is 1.57 bits per heavy atom. The molecule has 7 heavy (non-hydrogen) atoms. The van der Waals surface area contributed by atoms with Crippen LogP contribution in [0.1, 0.15) is 0 Å². The first-order valence-corrected chi connectivity index (χ1v) is 2.21. The molecule has 1 aliphatic heterocycles. The maximum absolute atomic E-state index is 3.97. The van der Waals surface area contributed by atoms with Gasteiger partial charge in [0.25, 0.3) is 0 Å². The SMILES string of the molecule is C=CC1=NC1C=C. The summed E-state index contributed by atoms with van der Waals surface area (Å²) in [7, 11) is 0. The molecule has 36 valence electrons. The molecule has 0 radical (unpaired) electrons. The van der Waals surface area contributed by atoms with E-state index in [-0.39, 0.29) is 0 Å². The molecular formula is C6H7N. The van der Waals surface area contributed by atoms with Crippen LogP contribution in [-0.2, 0) is 0 Å². The van der Waals surface area contributed by atoms with E-state index in [0.717, 1.165) is 5.71 Å². The lowest BCUT2D eigenvalue weighted by atomic mass is 10.3. The van der Waals surface area contributed by atoms with Gasteiger partial charge in [-0.05, 0) is 6.08 Å². The van der Waals surface area contributed by atoms with Gasteiger partial charge in [0.2, 0.25) is 0 Å².